The van der Waals surface area contributed by atoms with Crippen molar-refractivity contribution in [3.63, 3.8) is 0 Å². The Bertz CT molecular complexity index is 2850. The molecule has 0 amide bonds. The summed E-state index contributed by atoms with van der Waals surface area (Å²) in [7, 11) is 1.94. The number of hydrogen-bond acceptors (Lipinski definition) is 4. The fourth-order valence-corrected chi connectivity index (χ4v) is 7.66. The van der Waals surface area contributed by atoms with Crippen LogP contribution in [0.1, 0.15) is 50.7 Å². The minimum absolute atomic E-state index is 0. The van der Waals surface area contributed by atoms with E-state index in [1.165, 1.54) is 22.3 Å². The zero-order valence-electron chi connectivity index (χ0n) is 36.4. The second-order valence-corrected chi connectivity index (χ2v) is 16.1. The summed E-state index contributed by atoms with van der Waals surface area (Å²) in [5.41, 5.74) is 11.2. The molecule has 0 aliphatic carbocycles. The Kier molecular flexibility index (Phi) is 14.6. The third kappa shape index (κ3) is 10.7. The average molecular weight is 1040 g/mol. The first-order valence-electron chi connectivity index (χ1n) is 21.0. The van der Waals surface area contributed by atoms with Crippen LogP contribution in [0.3, 0.4) is 0 Å². The second kappa shape index (κ2) is 20.4. The summed E-state index contributed by atoms with van der Waals surface area (Å²) in [5, 5.41) is 0. The molecule has 0 saturated carbocycles. The van der Waals surface area contributed by atoms with Crippen LogP contribution < -0.4 is 4.90 Å². The molecule has 3 heterocycles. The van der Waals surface area contributed by atoms with E-state index >= 15 is 0 Å². The van der Waals surface area contributed by atoms with Crippen molar-refractivity contribution < 1.29 is 37.7 Å². The fourth-order valence-electron chi connectivity index (χ4n) is 7.66. The van der Waals surface area contributed by atoms with Gasteiger partial charge in [0.1, 0.15) is 0 Å². The van der Waals surface area contributed by atoms with Gasteiger partial charge in [-0.25, -0.2) is 0 Å². The Morgan fingerprint density at radius 3 is 1.52 bits per heavy atom. The van der Waals surface area contributed by atoms with Gasteiger partial charge in [0.15, 0.2) is 0 Å². The van der Waals surface area contributed by atoms with Gasteiger partial charge in [0.05, 0.1) is 5.82 Å². The summed E-state index contributed by atoms with van der Waals surface area (Å²) in [6.45, 7) is 10.7. The van der Waals surface area contributed by atoms with Gasteiger partial charge in [-0.05, 0) is 98.9 Å². The van der Waals surface area contributed by atoms with Crippen LogP contribution in [-0.4, -0.2) is 21.9 Å². The smallest absolute Gasteiger partial charge is 0.0949 e. The number of anilines is 1. The van der Waals surface area contributed by atoms with Crippen LogP contribution in [0.2, 0.25) is 0 Å². The predicted molar refractivity (Wildman–Crippen MR) is 249 cm³/mol. The number of halogens is 4. The number of aromatic nitrogens is 2. The molecule has 1 aliphatic heterocycles. The van der Waals surface area contributed by atoms with E-state index in [2.05, 4.69) is 87.3 Å². The quantitative estimate of drug-likeness (QED) is 0.107. The largest absolute Gasteiger partial charge is 0.510 e. The van der Waals surface area contributed by atoms with E-state index in [0.717, 1.165) is 52.1 Å². The molecule has 0 bridgehead atoms. The van der Waals surface area contributed by atoms with E-state index in [4.69, 9.17) is 4.98 Å². The summed E-state index contributed by atoms with van der Waals surface area (Å²) in [5.74, 6) is -1.58. The summed E-state index contributed by atoms with van der Waals surface area (Å²) < 4.78 is 56.2. The summed E-state index contributed by atoms with van der Waals surface area (Å²) >= 11 is 0. The number of benzene rings is 6. The number of nitrogens with zero attached hydrogens (tertiary/aromatic N) is 4. The zero-order valence-corrected chi connectivity index (χ0v) is 38.8. The van der Waals surface area contributed by atoms with Crippen LogP contribution in [0, 0.1) is 48.1 Å². The van der Waals surface area contributed by atoms with Crippen LogP contribution >= 0.6 is 0 Å². The number of hydrogen-bond donors (Lipinski definition) is 0. The van der Waals surface area contributed by atoms with E-state index in [1.54, 1.807) is 12.1 Å². The van der Waals surface area contributed by atoms with Gasteiger partial charge in [-0.1, -0.05) is 142 Å². The van der Waals surface area contributed by atoms with Gasteiger partial charge in [-0.15, -0.1) is 66.8 Å². The second-order valence-electron chi connectivity index (χ2n) is 16.1. The molecule has 2 aromatic heterocycles. The first-order chi connectivity index (χ1) is 30.9. The number of pyridine rings is 2. The van der Waals surface area contributed by atoms with Crippen molar-refractivity contribution in [3.8, 4) is 67.2 Å². The Morgan fingerprint density at radius 2 is 1.03 bits per heavy atom. The van der Waals surface area contributed by atoms with E-state index in [1.807, 2.05) is 109 Å². The van der Waals surface area contributed by atoms with Gasteiger partial charge in [0, 0.05) is 43.4 Å². The van der Waals surface area contributed by atoms with Crippen molar-refractivity contribution >= 4 is 5.82 Å². The molecule has 1 radical (unpaired) electrons. The third-order valence-electron chi connectivity index (χ3n) is 10.8. The third-order valence-corrected chi connectivity index (χ3v) is 10.8. The Hall–Kier alpha value is -6.67. The van der Waals surface area contributed by atoms with E-state index in [-0.39, 0.29) is 43.1 Å². The van der Waals surface area contributed by atoms with Crippen molar-refractivity contribution in [2.75, 3.05) is 11.9 Å². The molecule has 0 spiro atoms. The first kappa shape index (κ1) is 46.3. The molecule has 0 fully saturated rings. The predicted octanol–water partition coefficient (Wildman–Crippen LogP) is 14.7. The fraction of sp³-hybridized carbons (Fsp3) is 0.125. The maximum atomic E-state index is 14.9. The zero-order chi connectivity index (χ0) is 44.9. The average Bonchev–Trinajstić information content (AvgIpc) is 3.75. The van der Waals surface area contributed by atoms with Gasteiger partial charge in [-0.3, -0.25) is 22.5 Å². The molecule has 6 aromatic carbocycles. The molecule has 9 heteroatoms. The normalized spacial score (nSPS) is 12.0. The van der Waals surface area contributed by atoms with Crippen molar-refractivity contribution in [1.82, 2.24) is 14.9 Å². The van der Waals surface area contributed by atoms with Gasteiger partial charge in [0.25, 0.3) is 0 Å². The van der Waals surface area contributed by atoms with Gasteiger partial charge in [-0.2, -0.15) is 0 Å². The summed E-state index contributed by atoms with van der Waals surface area (Å²) in [6, 6.07) is 52.4. The van der Waals surface area contributed by atoms with Crippen molar-refractivity contribution in [3.05, 3.63) is 217 Å². The molecular weight excluding hydrogens is 997 g/mol. The van der Waals surface area contributed by atoms with Gasteiger partial charge >= 0.3 is 0 Å². The van der Waals surface area contributed by atoms with Crippen molar-refractivity contribution in [2.45, 2.75) is 39.5 Å². The molecule has 0 N–H and O–H groups in total. The Balaban J connectivity index is 0.000000204. The Labute approximate surface area is 392 Å². The van der Waals surface area contributed by atoms with Crippen LogP contribution in [-0.2, 0) is 20.1 Å². The molecule has 4 nitrogen and oxygen atoms in total. The molecule has 1 aliphatic rings. The van der Waals surface area contributed by atoms with Crippen molar-refractivity contribution in [2.24, 2.45) is 0 Å². The minimum atomic E-state index is -0.689. The summed E-state index contributed by atoms with van der Waals surface area (Å²) in [6.07, 6.45) is 3.83. The molecule has 9 rings (SSSR count). The number of rotatable bonds is 9. The monoisotopic (exact) mass is 1040 g/mol. The minimum Gasteiger partial charge on any atom is -0.510 e. The molecule has 0 saturated heterocycles. The van der Waals surface area contributed by atoms with Crippen LogP contribution in [0.15, 0.2) is 158 Å². The molecule has 65 heavy (non-hydrogen) atoms. The van der Waals surface area contributed by atoms with Crippen LogP contribution in [0.5, 0.6) is 0 Å². The van der Waals surface area contributed by atoms with Crippen LogP contribution in [0.25, 0.3) is 67.2 Å². The van der Waals surface area contributed by atoms with E-state index < -0.39 is 23.3 Å². The SMILES string of the molecule is CC(C)c1cc(-c2ccccc2)cc(C(C)C)c1-c1cc(-c2[c-]cc(F)cc2F)nc(N2C=CN(C)[CH-]2)c1.Fc1c[c-]c(-c2cc(-c3ccccc3)cc(-c3[c-]cccc3)n2)c(F)c1.[Ir]. The Morgan fingerprint density at radius 1 is 0.523 bits per heavy atom. The molecule has 8 aromatic rings. The molecular formula is C56H44F4IrN4-4. The van der Waals surface area contributed by atoms with E-state index in [9.17, 15) is 17.6 Å². The maximum absolute atomic E-state index is 14.9. The van der Waals surface area contributed by atoms with Gasteiger partial charge in [0.2, 0.25) is 0 Å². The summed E-state index contributed by atoms with van der Waals surface area (Å²) in [4.78, 5) is 13.2. The molecule has 329 valence electrons. The maximum Gasteiger partial charge on any atom is 0.0949 e. The molecule has 0 unspecified atom stereocenters. The van der Waals surface area contributed by atoms with Gasteiger partial charge < -0.3 is 14.8 Å². The van der Waals surface area contributed by atoms with Crippen molar-refractivity contribution in [1.29, 1.82) is 0 Å². The van der Waals surface area contributed by atoms with Crippen LogP contribution in [0.4, 0.5) is 23.4 Å². The standard InChI is InChI=1S/C33H31F2N3.C23H13F2N.Ir/c1-21(2)28-15-24(23-9-7-6-8-10-23)16-29(22(3)4)33(28)25-17-31(27-12-11-26(34)19-30(27)35)36-32(18-25)38-14-13-37(5)20-38;24-19-11-12-20(21(25)15-19)23-14-18(16-7-3-1-4-8-16)13-22(26-23)17-9-5-2-6-10-17;/h6-11,13-22H,1-5H3;1-9,11,13-15H;/q2*-2;. The topological polar surface area (TPSA) is 32.3 Å². The molecule has 0 atom stereocenters. The first-order valence-corrected chi connectivity index (χ1v) is 21.0. The van der Waals surface area contributed by atoms with E-state index in [0.29, 0.717) is 22.9 Å².